The third kappa shape index (κ3) is 3.20. The van der Waals surface area contributed by atoms with E-state index < -0.39 is 0 Å². The Bertz CT molecular complexity index is 1090. The summed E-state index contributed by atoms with van der Waals surface area (Å²) in [4.78, 5) is 2.76. The summed E-state index contributed by atoms with van der Waals surface area (Å²) in [5.41, 5.74) is 4.22. The van der Waals surface area contributed by atoms with Gasteiger partial charge in [-0.25, -0.2) is 0 Å². The quantitative estimate of drug-likeness (QED) is 0.417. The van der Waals surface area contributed by atoms with Crippen molar-refractivity contribution in [2.24, 2.45) is 39.9 Å². The van der Waals surface area contributed by atoms with Crippen molar-refractivity contribution in [1.82, 2.24) is 4.90 Å². The summed E-state index contributed by atoms with van der Waals surface area (Å²) in [6.45, 7) is 18.9. The second kappa shape index (κ2) is 8.01. The minimum absolute atomic E-state index is 0.00106. The molecule has 1 aliphatic heterocycles. The zero-order valence-electron chi connectivity index (χ0n) is 23.7. The van der Waals surface area contributed by atoms with Gasteiger partial charge in [0.2, 0.25) is 0 Å². The monoisotopic (exact) mass is 491 g/mol. The molecule has 36 heavy (non-hydrogen) atoms. The molecule has 0 radical (unpaired) electrons. The summed E-state index contributed by atoms with van der Waals surface area (Å²) in [5, 5.41) is 21.0. The van der Waals surface area contributed by atoms with E-state index in [4.69, 9.17) is 0 Å². The van der Waals surface area contributed by atoms with Gasteiger partial charge in [0.15, 0.2) is 11.5 Å². The molecule has 4 aliphatic carbocycles. The van der Waals surface area contributed by atoms with E-state index in [2.05, 4.69) is 51.7 Å². The topological polar surface area (TPSA) is 43.7 Å². The van der Waals surface area contributed by atoms with Gasteiger partial charge in [0.05, 0.1) is 0 Å². The van der Waals surface area contributed by atoms with Crippen LogP contribution in [0, 0.1) is 46.8 Å². The third-order valence-corrected chi connectivity index (χ3v) is 13.1. The Kier molecular flexibility index (Phi) is 5.53. The van der Waals surface area contributed by atoms with E-state index in [1.165, 1.54) is 70.1 Å². The Balaban J connectivity index is 1.38. The Morgan fingerprint density at radius 3 is 2.39 bits per heavy atom. The molecule has 2 N–H and O–H groups in total. The third-order valence-electron chi connectivity index (χ3n) is 13.1. The summed E-state index contributed by atoms with van der Waals surface area (Å²) in [5.74, 6) is 2.98. The van der Waals surface area contributed by atoms with Crippen LogP contribution in [0.2, 0.25) is 0 Å². The van der Waals surface area contributed by atoms with Crippen LogP contribution < -0.4 is 0 Å². The predicted molar refractivity (Wildman–Crippen MR) is 148 cm³/mol. The first-order valence-corrected chi connectivity index (χ1v) is 14.9. The van der Waals surface area contributed by atoms with E-state index in [1.807, 2.05) is 13.0 Å². The highest BCUT2D eigenvalue weighted by Crippen LogP contribution is 2.74. The van der Waals surface area contributed by atoms with Gasteiger partial charge >= 0.3 is 0 Å². The molecule has 3 nitrogen and oxygen atoms in total. The maximum absolute atomic E-state index is 10.6. The van der Waals surface area contributed by atoms with Crippen LogP contribution in [-0.2, 0) is 5.41 Å². The lowest BCUT2D eigenvalue weighted by molar-refractivity contribution is -0.198. The van der Waals surface area contributed by atoms with Crippen LogP contribution in [-0.4, -0.2) is 34.7 Å². The number of nitrogens with zero attached hydrogens (tertiary/aromatic N) is 1. The summed E-state index contributed by atoms with van der Waals surface area (Å²) >= 11 is 0. The van der Waals surface area contributed by atoms with Crippen molar-refractivity contribution in [2.75, 3.05) is 19.6 Å². The maximum Gasteiger partial charge on any atom is 0.161 e. The molecule has 0 bridgehead atoms. The molecular formula is C33H49NO2. The molecule has 3 heteroatoms. The summed E-state index contributed by atoms with van der Waals surface area (Å²) in [6.07, 6.45) is 15.4. The van der Waals surface area contributed by atoms with E-state index in [0.717, 1.165) is 35.3 Å². The highest BCUT2D eigenvalue weighted by molar-refractivity contribution is 5.69. The maximum atomic E-state index is 10.6. The standard InChI is InChI=1S/C33H49NO2/c1-21-19-30(3)11-13-32(5)27-10-9-24-22(2)29(36)26(35)18-25(24)31(27,4)12-14-33(32,6)28(30)17-23(21)20-34-15-7-8-16-34/h9-10,18,21,23,27-28,35-36H,7-8,11-17,19-20H2,1-6H3. The molecule has 0 amide bonds. The summed E-state index contributed by atoms with van der Waals surface area (Å²) in [6, 6.07) is 1.89. The smallest absolute Gasteiger partial charge is 0.161 e. The van der Waals surface area contributed by atoms with Gasteiger partial charge in [-0.3, -0.25) is 0 Å². The average molecular weight is 492 g/mol. The van der Waals surface area contributed by atoms with Crippen molar-refractivity contribution >= 4 is 6.08 Å². The first-order valence-electron chi connectivity index (χ1n) is 14.9. The molecule has 6 rings (SSSR count). The molecule has 0 spiro atoms. The van der Waals surface area contributed by atoms with Gasteiger partial charge in [0.1, 0.15) is 0 Å². The lowest BCUT2D eigenvalue weighted by Crippen LogP contribution is -2.64. The fourth-order valence-corrected chi connectivity index (χ4v) is 10.7. The number of aromatic hydroxyl groups is 2. The average Bonchev–Trinajstić information content (AvgIpc) is 3.34. The van der Waals surface area contributed by atoms with Crippen molar-refractivity contribution in [3.63, 3.8) is 0 Å². The van der Waals surface area contributed by atoms with E-state index >= 15 is 0 Å². The largest absolute Gasteiger partial charge is 0.504 e. The van der Waals surface area contributed by atoms with Gasteiger partial charge < -0.3 is 15.1 Å². The van der Waals surface area contributed by atoms with Crippen molar-refractivity contribution in [3.8, 4) is 11.5 Å². The minimum Gasteiger partial charge on any atom is -0.504 e. The zero-order valence-corrected chi connectivity index (χ0v) is 23.7. The molecule has 198 valence electrons. The molecule has 1 aromatic carbocycles. The first kappa shape index (κ1) is 24.8. The Morgan fingerprint density at radius 2 is 1.67 bits per heavy atom. The molecule has 1 aromatic rings. The first-order chi connectivity index (χ1) is 16.9. The molecule has 1 heterocycles. The number of fused-ring (bicyclic) bond motifs is 7. The molecule has 8 unspecified atom stereocenters. The van der Waals surface area contributed by atoms with Crippen LogP contribution in [0.25, 0.3) is 6.08 Å². The number of phenolic OH excluding ortho intramolecular Hbond substituents is 2. The number of hydrogen-bond acceptors (Lipinski definition) is 3. The number of phenols is 2. The number of likely N-dealkylation sites (tertiary alicyclic amines) is 1. The van der Waals surface area contributed by atoms with Crippen LogP contribution in [0.15, 0.2) is 12.1 Å². The zero-order chi connectivity index (χ0) is 25.7. The summed E-state index contributed by atoms with van der Waals surface area (Å²) < 4.78 is 0. The normalized spacial score (nSPS) is 46.1. The summed E-state index contributed by atoms with van der Waals surface area (Å²) in [7, 11) is 0. The van der Waals surface area contributed by atoms with Crippen LogP contribution in [0.3, 0.4) is 0 Å². The van der Waals surface area contributed by atoms with E-state index in [0.29, 0.717) is 16.7 Å². The molecule has 4 fully saturated rings. The Hall–Kier alpha value is -1.48. The lowest BCUT2D eigenvalue weighted by Gasteiger charge is -2.71. The Morgan fingerprint density at radius 1 is 0.972 bits per heavy atom. The van der Waals surface area contributed by atoms with Crippen molar-refractivity contribution in [1.29, 1.82) is 0 Å². The number of hydrogen-bond donors (Lipinski definition) is 2. The number of benzene rings is 1. The highest BCUT2D eigenvalue weighted by Gasteiger charge is 2.67. The van der Waals surface area contributed by atoms with Crippen LogP contribution in [0.4, 0.5) is 0 Å². The van der Waals surface area contributed by atoms with Crippen LogP contribution >= 0.6 is 0 Å². The van der Waals surface area contributed by atoms with Gasteiger partial charge in [-0.2, -0.15) is 0 Å². The fraction of sp³-hybridized carbons (Fsp3) is 0.758. The van der Waals surface area contributed by atoms with Crippen molar-refractivity contribution in [3.05, 3.63) is 28.8 Å². The second-order valence-electron chi connectivity index (χ2n) is 14.8. The van der Waals surface area contributed by atoms with Crippen molar-refractivity contribution < 1.29 is 10.2 Å². The van der Waals surface area contributed by atoms with Gasteiger partial charge in [-0.15, -0.1) is 0 Å². The van der Waals surface area contributed by atoms with Gasteiger partial charge in [-0.1, -0.05) is 46.8 Å². The lowest BCUT2D eigenvalue weighted by atomic mass is 9.33. The highest BCUT2D eigenvalue weighted by atomic mass is 16.3. The van der Waals surface area contributed by atoms with Crippen LogP contribution in [0.5, 0.6) is 11.5 Å². The molecule has 8 atom stereocenters. The van der Waals surface area contributed by atoms with Gasteiger partial charge in [-0.05, 0) is 128 Å². The number of allylic oxidation sites excluding steroid dienone is 1. The molecule has 5 aliphatic rings. The minimum atomic E-state index is -0.00106. The molecular weight excluding hydrogens is 442 g/mol. The Labute approximate surface area is 219 Å². The second-order valence-corrected chi connectivity index (χ2v) is 14.8. The molecule has 1 saturated heterocycles. The SMILES string of the molecule is Cc1c(O)c(O)cc2c1C=CC1C2(C)CCC2(C)C3CC(CN4CCCC4)C(C)CC3(C)CCC12C. The van der Waals surface area contributed by atoms with Crippen LogP contribution in [0.1, 0.15) is 103 Å². The fourth-order valence-electron chi connectivity index (χ4n) is 10.7. The van der Waals surface area contributed by atoms with E-state index in [1.54, 1.807) is 0 Å². The van der Waals surface area contributed by atoms with Crippen molar-refractivity contribution in [2.45, 2.75) is 98.3 Å². The number of rotatable bonds is 2. The van der Waals surface area contributed by atoms with Gasteiger partial charge in [0.25, 0.3) is 0 Å². The predicted octanol–water partition coefficient (Wildman–Crippen LogP) is 7.67. The van der Waals surface area contributed by atoms with Gasteiger partial charge in [0, 0.05) is 17.5 Å². The van der Waals surface area contributed by atoms with E-state index in [-0.39, 0.29) is 22.3 Å². The van der Waals surface area contributed by atoms with E-state index in [9.17, 15) is 10.2 Å². The molecule has 3 saturated carbocycles. The molecule has 0 aromatic heterocycles.